The van der Waals surface area contributed by atoms with Crippen molar-refractivity contribution in [3.63, 3.8) is 0 Å². The van der Waals surface area contributed by atoms with Gasteiger partial charge in [-0.15, -0.1) is 0 Å². The van der Waals surface area contributed by atoms with E-state index in [2.05, 4.69) is 15.3 Å². The van der Waals surface area contributed by atoms with E-state index in [0.717, 1.165) is 38.8 Å². The van der Waals surface area contributed by atoms with Gasteiger partial charge in [-0.1, -0.05) is 12.8 Å². The van der Waals surface area contributed by atoms with E-state index in [1.54, 1.807) is 12.1 Å². The average Bonchev–Trinajstić information content (AvgIpc) is 2.91. The third-order valence-corrected chi connectivity index (χ3v) is 4.29. The van der Waals surface area contributed by atoms with Crippen LogP contribution in [0.15, 0.2) is 30.6 Å². The Labute approximate surface area is 149 Å². The van der Waals surface area contributed by atoms with Crippen LogP contribution in [0.3, 0.4) is 0 Å². The van der Waals surface area contributed by atoms with E-state index in [4.69, 9.17) is 5.11 Å². The molecule has 9 heteroatoms. The quantitative estimate of drug-likeness (QED) is 0.618. The highest BCUT2D eigenvalue weighted by atomic mass is 16.6. The summed E-state index contributed by atoms with van der Waals surface area (Å²) in [6.45, 7) is 1.45. The molecule has 1 aliphatic heterocycles. The molecule has 0 unspecified atom stereocenters. The number of rotatable bonds is 5. The zero-order valence-electron chi connectivity index (χ0n) is 14.1. The molecule has 1 aromatic heterocycles. The fourth-order valence-corrected chi connectivity index (χ4v) is 2.98. The van der Waals surface area contributed by atoms with Crippen molar-refractivity contribution in [2.75, 3.05) is 23.3 Å². The molecular weight excluding hydrogens is 338 g/mol. The van der Waals surface area contributed by atoms with Crippen LogP contribution in [0.4, 0.5) is 23.0 Å². The SMILES string of the molecule is O=C(O)c1ccc(Nc2ncnc(N3CCCCCC3)c2[N+](=O)[O-])cc1. The van der Waals surface area contributed by atoms with Crippen molar-refractivity contribution in [3.8, 4) is 0 Å². The smallest absolute Gasteiger partial charge is 0.353 e. The number of nitrogens with zero attached hydrogens (tertiary/aromatic N) is 4. The van der Waals surface area contributed by atoms with E-state index in [-0.39, 0.29) is 17.1 Å². The van der Waals surface area contributed by atoms with Crippen LogP contribution in [-0.2, 0) is 0 Å². The Bertz CT molecular complexity index is 801. The lowest BCUT2D eigenvalue weighted by molar-refractivity contribution is -0.383. The van der Waals surface area contributed by atoms with Crippen molar-refractivity contribution in [1.29, 1.82) is 0 Å². The van der Waals surface area contributed by atoms with Crippen LogP contribution in [0.1, 0.15) is 36.0 Å². The second kappa shape index (κ2) is 7.77. The Morgan fingerprint density at radius 2 is 1.77 bits per heavy atom. The van der Waals surface area contributed by atoms with Crippen LogP contribution in [0, 0.1) is 10.1 Å². The normalized spacial score (nSPS) is 14.5. The molecule has 1 fully saturated rings. The number of hydrogen-bond donors (Lipinski definition) is 2. The van der Waals surface area contributed by atoms with Gasteiger partial charge in [-0.25, -0.2) is 14.8 Å². The first-order valence-corrected chi connectivity index (χ1v) is 8.41. The summed E-state index contributed by atoms with van der Waals surface area (Å²) in [5.74, 6) is -0.628. The summed E-state index contributed by atoms with van der Waals surface area (Å²) in [5.41, 5.74) is 0.480. The zero-order chi connectivity index (χ0) is 18.5. The van der Waals surface area contributed by atoms with Gasteiger partial charge >= 0.3 is 11.7 Å². The standard InChI is InChI=1S/C17H19N5O4/c23-17(24)12-5-7-13(8-6-12)20-15-14(22(25)26)16(19-11-18-15)21-9-3-1-2-4-10-21/h5-8,11H,1-4,9-10H2,(H,23,24)(H,18,19,20). The highest BCUT2D eigenvalue weighted by molar-refractivity contribution is 5.88. The predicted octanol–water partition coefficient (Wildman–Crippen LogP) is 3.21. The van der Waals surface area contributed by atoms with E-state index in [0.29, 0.717) is 11.5 Å². The van der Waals surface area contributed by atoms with E-state index in [1.807, 2.05) is 4.90 Å². The number of hydrogen-bond acceptors (Lipinski definition) is 7. The molecule has 2 aromatic rings. The van der Waals surface area contributed by atoms with E-state index in [1.165, 1.54) is 18.5 Å². The molecule has 0 bridgehead atoms. The Morgan fingerprint density at radius 1 is 1.12 bits per heavy atom. The van der Waals surface area contributed by atoms with Gasteiger partial charge in [0.05, 0.1) is 10.5 Å². The molecule has 26 heavy (non-hydrogen) atoms. The molecule has 9 nitrogen and oxygen atoms in total. The molecule has 0 aliphatic carbocycles. The fourth-order valence-electron chi connectivity index (χ4n) is 2.98. The first-order valence-electron chi connectivity index (χ1n) is 8.41. The van der Waals surface area contributed by atoms with Gasteiger partial charge in [0.25, 0.3) is 0 Å². The number of benzene rings is 1. The predicted molar refractivity (Wildman–Crippen MR) is 96.1 cm³/mol. The van der Waals surface area contributed by atoms with Crippen LogP contribution in [0.2, 0.25) is 0 Å². The molecule has 1 aliphatic rings. The molecule has 1 aromatic carbocycles. The molecule has 2 N–H and O–H groups in total. The summed E-state index contributed by atoms with van der Waals surface area (Å²) in [6.07, 6.45) is 5.47. The number of nitro groups is 1. The number of aromatic carboxylic acids is 1. The lowest BCUT2D eigenvalue weighted by Gasteiger charge is -2.21. The van der Waals surface area contributed by atoms with Crippen LogP contribution in [-0.4, -0.2) is 39.1 Å². The fraction of sp³-hybridized carbons (Fsp3) is 0.353. The third kappa shape index (κ3) is 3.88. The minimum Gasteiger partial charge on any atom is -0.478 e. The number of aromatic nitrogens is 2. The van der Waals surface area contributed by atoms with Gasteiger partial charge in [-0.2, -0.15) is 0 Å². The lowest BCUT2D eigenvalue weighted by atomic mass is 10.2. The maximum atomic E-state index is 11.7. The van der Waals surface area contributed by atoms with Crippen LogP contribution >= 0.6 is 0 Å². The van der Waals surface area contributed by atoms with Gasteiger partial charge < -0.3 is 15.3 Å². The monoisotopic (exact) mass is 357 g/mol. The summed E-state index contributed by atoms with van der Waals surface area (Å²) >= 11 is 0. The summed E-state index contributed by atoms with van der Waals surface area (Å²) in [6, 6.07) is 5.93. The highest BCUT2D eigenvalue weighted by Gasteiger charge is 2.27. The van der Waals surface area contributed by atoms with Crippen LogP contribution in [0.5, 0.6) is 0 Å². The largest absolute Gasteiger partial charge is 0.478 e. The van der Waals surface area contributed by atoms with Crippen molar-refractivity contribution in [2.24, 2.45) is 0 Å². The van der Waals surface area contributed by atoms with Gasteiger partial charge in [0, 0.05) is 18.8 Å². The Kier molecular flexibility index (Phi) is 5.26. The minimum atomic E-state index is -1.03. The number of carboxylic acids is 1. The maximum Gasteiger partial charge on any atom is 0.353 e. The molecular formula is C17H19N5O4. The maximum absolute atomic E-state index is 11.7. The number of carbonyl (C=O) groups is 1. The lowest BCUT2D eigenvalue weighted by Crippen LogP contribution is -2.26. The molecule has 0 radical (unpaired) electrons. The van der Waals surface area contributed by atoms with Gasteiger partial charge in [0.15, 0.2) is 0 Å². The molecule has 0 amide bonds. The van der Waals surface area contributed by atoms with Crippen LogP contribution in [0.25, 0.3) is 0 Å². The Hall–Kier alpha value is -3.23. The molecule has 0 saturated carbocycles. The van der Waals surface area contributed by atoms with E-state index in [9.17, 15) is 14.9 Å². The van der Waals surface area contributed by atoms with Crippen LogP contribution < -0.4 is 10.2 Å². The summed E-state index contributed by atoms with van der Waals surface area (Å²) < 4.78 is 0. The van der Waals surface area contributed by atoms with Crippen molar-refractivity contribution < 1.29 is 14.8 Å². The molecule has 3 rings (SSSR count). The minimum absolute atomic E-state index is 0.0901. The van der Waals surface area contributed by atoms with Gasteiger partial charge in [0.1, 0.15) is 6.33 Å². The Morgan fingerprint density at radius 3 is 2.35 bits per heavy atom. The van der Waals surface area contributed by atoms with Crippen molar-refractivity contribution in [1.82, 2.24) is 9.97 Å². The average molecular weight is 357 g/mol. The summed E-state index contributed by atoms with van der Waals surface area (Å²) in [7, 11) is 0. The second-order valence-corrected chi connectivity index (χ2v) is 6.06. The molecule has 136 valence electrons. The van der Waals surface area contributed by atoms with Gasteiger partial charge in [-0.3, -0.25) is 10.1 Å². The molecule has 0 spiro atoms. The molecule has 1 saturated heterocycles. The second-order valence-electron chi connectivity index (χ2n) is 6.06. The first kappa shape index (κ1) is 17.6. The van der Waals surface area contributed by atoms with E-state index < -0.39 is 10.9 Å². The topological polar surface area (TPSA) is 121 Å². The zero-order valence-corrected chi connectivity index (χ0v) is 14.1. The van der Waals surface area contributed by atoms with E-state index >= 15 is 0 Å². The van der Waals surface area contributed by atoms with Crippen molar-refractivity contribution >= 4 is 29.0 Å². The van der Waals surface area contributed by atoms with Gasteiger partial charge in [0.2, 0.25) is 11.6 Å². The third-order valence-electron chi connectivity index (χ3n) is 4.29. The number of carboxylic acid groups (broad SMARTS) is 1. The highest BCUT2D eigenvalue weighted by Crippen LogP contribution is 2.34. The van der Waals surface area contributed by atoms with Crippen molar-refractivity contribution in [3.05, 3.63) is 46.3 Å². The van der Waals surface area contributed by atoms with Gasteiger partial charge in [-0.05, 0) is 37.1 Å². The number of anilines is 3. The molecule has 2 heterocycles. The first-order chi connectivity index (χ1) is 12.6. The summed E-state index contributed by atoms with van der Waals surface area (Å²) in [5, 5.41) is 23.5. The number of nitrogens with one attached hydrogen (secondary N) is 1. The summed E-state index contributed by atoms with van der Waals surface area (Å²) in [4.78, 5) is 32.3. The Balaban J connectivity index is 1.92. The molecule has 0 atom stereocenters. The van der Waals surface area contributed by atoms with Crippen molar-refractivity contribution in [2.45, 2.75) is 25.7 Å².